The molecule has 5 heteroatoms. The molecule has 0 saturated carbocycles. The van der Waals surface area contributed by atoms with E-state index in [1.165, 1.54) is 6.07 Å². The zero-order valence-electron chi connectivity index (χ0n) is 14.2. The molecule has 0 aliphatic carbocycles. The number of aryl methyl sites for hydroxylation is 1. The van der Waals surface area contributed by atoms with E-state index in [-0.39, 0.29) is 23.8 Å². The van der Waals surface area contributed by atoms with Gasteiger partial charge in [0, 0.05) is 18.7 Å². The highest BCUT2D eigenvalue weighted by atomic mass is 16.5. The molecule has 0 aromatic heterocycles. The van der Waals surface area contributed by atoms with E-state index in [2.05, 4.69) is 0 Å². The number of ether oxygens (including phenoxy) is 1. The molecule has 1 saturated heterocycles. The van der Waals surface area contributed by atoms with Crippen molar-refractivity contribution in [3.05, 3.63) is 64.7 Å². The van der Waals surface area contributed by atoms with Crippen molar-refractivity contribution in [3.8, 4) is 5.75 Å². The standard InChI is InChI=1S/C20H21NO4/c1-14-5-4-6-17(18(14)22)20(24)25-13-15-7-9-16(10-8-15)19(23)21-11-2-3-12-21/h4-10,22H,2-3,11-13H2,1H3. The molecule has 1 N–H and O–H groups in total. The maximum absolute atomic E-state index is 12.3. The van der Waals surface area contributed by atoms with Gasteiger partial charge in [-0.2, -0.15) is 0 Å². The second-order valence-electron chi connectivity index (χ2n) is 6.24. The zero-order valence-corrected chi connectivity index (χ0v) is 14.2. The third-order valence-corrected chi connectivity index (χ3v) is 4.42. The van der Waals surface area contributed by atoms with Crippen LogP contribution in [0.1, 0.15) is 44.7 Å². The Bertz CT molecular complexity index is 777. The third-order valence-electron chi connectivity index (χ3n) is 4.42. The van der Waals surface area contributed by atoms with Crippen molar-refractivity contribution in [2.45, 2.75) is 26.4 Å². The highest BCUT2D eigenvalue weighted by Gasteiger charge is 2.19. The van der Waals surface area contributed by atoms with Gasteiger partial charge in [-0.15, -0.1) is 0 Å². The fourth-order valence-corrected chi connectivity index (χ4v) is 2.90. The molecule has 0 unspecified atom stereocenters. The van der Waals surface area contributed by atoms with E-state index in [1.54, 1.807) is 43.3 Å². The predicted octanol–water partition coefficient (Wildman–Crippen LogP) is 3.29. The van der Waals surface area contributed by atoms with Crippen LogP contribution >= 0.6 is 0 Å². The number of hydrogen-bond acceptors (Lipinski definition) is 4. The van der Waals surface area contributed by atoms with Crippen LogP contribution < -0.4 is 0 Å². The molecule has 0 radical (unpaired) electrons. The monoisotopic (exact) mass is 339 g/mol. The second-order valence-corrected chi connectivity index (χ2v) is 6.24. The van der Waals surface area contributed by atoms with Crippen LogP contribution in [0.25, 0.3) is 0 Å². The van der Waals surface area contributed by atoms with E-state index in [9.17, 15) is 14.7 Å². The van der Waals surface area contributed by atoms with Gasteiger partial charge in [0.15, 0.2) is 0 Å². The maximum Gasteiger partial charge on any atom is 0.342 e. The summed E-state index contributed by atoms with van der Waals surface area (Å²) < 4.78 is 5.26. The number of rotatable bonds is 4. The molecule has 1 aliphatic rings. The summed E-state index contributed by atoms with van der Waals surface area (Å²) in [5.41, 5.74) is 2.21. The summed E-state index contributed by atoms with van der Waals surface area (Å²) in [6.45, 7) is 3.45. The zero-order chi connectivity index (χ0) is 17.8. The van der Waals surface area contributed by atoms with Gasteiger partial charge in [0.2, 0.25) is 0 Å². The molecule has 130 valence electrons. The summed E-state index contributed by atoms with van der Waals surface area (Å²) in [5.74, 6) is -0.580. The van der Waals surface area contributed by atoms with E-state index in [1.807, 2.05) is 4.90 Å². The fraction of sp³-hybridized carbons (Fsp3) is 0.300. The number of carbonyl (C=O) groups excluding carboxylic acids is 2. The second kappa shape index (κ2) is 7.38. The number of phenolic OH excluding ortho intramolecular Hbond substituents is 1. The number of para-hydroxylation sites is 1. The molecule has 0 bridgehead atoms. The SMILES string of the molecule is Cc1cccc(C(=O)OCc2ccc(C(=O)N3CCCC3)cc2)c1O. The highest BCUT2D eigenvalue weighted by Crippen LogP contribution is 2.22. The van der Waals surface area contributed by atoms with Crippen molar-refractivity contribution < 1.29 is 19.4 Å². The summed E-state index contributed by atoms with van der Waals surface area (Å²) in [5, 5.41) is 9.92. The molecule has 0 atom stereocenters. The van der Waals surface area contributed by atoms with Gasteiger partial charge in [-0.05, 0) is 49.1 Å². The lowest BCUT2D eigenvalue weighted by molar-refractivity contribution is 0.0469. The first kappa shape index (κ1) is 17.0. The van der Waals surface area contributed by atoms with Crippen molar-refractivity contribution in [1.82, 2.24) is 4.90 Å². The van der Waals surface area contributed by atoms with Crippen LogP contribution in [0, 0.1) is 6.92 Å². The van der Waals surface area contributed by atoms with Crippen LogP contribution in [0.5, 0.6) is 5.75 Å². The molecule has 3 rings (SSSR count). The first-order valence-electron chi connectivity index (χ1n) is 8.40. The largest absolute Gasteiger partial charge is 0.507 e. The van der Waals surface area contributed by atoms with Crippen molar-refractivity contribution >= 4 is 11.9 Å². The number of nitrogens with zero attached hydrogens (tertiary/aromatic N) is 1. The van der Waals surface area contributed by atoms with E-state index in [0.29, 0.717) is 11.1 Å². The molecule has 1 aliphatic heterocycles. The molecule has 2 aromatic carbocycles. The number of benzene rings is 2. The fourth-order valence-electron chi connectivity index (χ4n) is 2.90. The lowest BCUT2D eigenvalue weighted by atomic mass is 10.1. The molecule has 1 heterocycles. The Balaban J connectivity index is 1.61. The molecular weight excluding hydrogens is 318 g/mol. The van der Waals surface area contributed by atoms with Crippen molar-refractivity contribution in [3.63, 3.8) is 0 Å². The quantitative estimate of drug-likeness (QED) is 0.868. The van der Waals surface area contributed by atoms with Crippen molar-refractivity contribution in [2.75, 3.05) is 13.1 Å². The van der Waals surface area contributed by atoms with Crippen LogP contribution in [0.15, 0.2) is 42.5 Å². The van der Waals surface area contributed by atoms with Crippen molar-refractivity contribution in [2.24, 2.45) is 0 Å². The lowest BCUT2D eigenvalue weighted by Gasteiger charge is -2.15. The molecule has 1 amide bonds. The Morgan fingerprint density at radius 1 is 1.08 bits per heavy atom. The summed E-state index contributed by atoms with van der Waals surface area (Å²) in [4.78, 5) is 26.2. The van der Waals surface area contributed by atoms with Crippen LogP contribution in [0.4, 0.5) is 0 Å². The van der Waals surface area contributed by atoms with Gasteiger partial charge in [-0.1, -0.05) is 24.3 Å². The van der Waals surface area contributed by atoms with Gasteiger partial charge in [-0.25, -0.2) is 4.79 Å². The average molecular weight is 339 g/mol. The predicted molar refractivity (Wildman–Crippen MR) is 93.5 cm³/mol. The van der Waals surface area contributed by atoms with Gasteiger partial charge in [0.1, 0.15) is 17.9 Å². The Kier molecular flexibility index (Phi) is 5.03. The molecule has 2 aromatic rings. The molecule has 1 fully saturated rings. The number of aromatic hydroxyl groups is 1. The average Bonchev–Trinajstić information content (AvgIpc) is 3.16. The van der Waals surface area contributed by atoms with Gasteiger partial charge in [-0.3, -0.25) is 4.79 Å². The van der Waals surface area contributed by atoms with Crippen LogP contribution in [-0.4, -0.2) is 35.0 Å². The van der Waals surface area contributed by atoms with E-state index >= 15 is 0 Å². The first-order chi connectivity index (χ1) is 12.1. The Labute approximate surface area is 146 Å². The summed E-state index contributed by atoms with van der Waals surface area (Å²) in [6, 6.07) is 12.0. The highest BCUT2D eigenvalue weighted by molar-refractivity contribution is 5.94. The smallest absolute Gasteiger partial charge is 0.342 e. The van der Waals surface area contributed by atoms with E-state index < -0.39 is 5.97 Å². The van der Waals surface area contributed by atoms with Gasteiger partial charge in [0.05, 0.1) is 0 Å². The first-order valence-corrected chi connectivity index (χ1v) is 8.40. The number of amides is 1. The molecule has 25 heavy (non-hydrogen) atoms. The number of phenols is 1. The molecular formula is C20H21NO4. The van der Waals surface area contributed by atoms with E-state index in [0.717, 1.165) is 31.5 Å². The van der Waals surface area contributed by atoms with E-state index in [4.69, 9.17) is 4.74 Å². The van der Waals surface area contributed by atoms with Gasteiger partial charge in [0.25, 0.3) is 5.91 Å². The van der Waals surface area contributed by atoms with Crippen LogP contribution in [0.3, 0.4) is 0 Å². The summed E-state index contributed by atoms with van der Waals surface area (Å²) in [7, 11) is 0. The summed E-state index contributed by atoms with van der Waals surface area (Å²) >= 11 is 0. The number of hydrogen-bond donors (Lipinski definition) is 1. The lowest BCUT2D eigenvalue weighted by Crippen LogP contribution is -2.27. The van der Waals surface area contributed by atoms with Crippen molar-refractivity contribution in [1.29, 1.82) is 0 Å². The molecule has 0 spiro atoms. The van der Waals surface area contributed by atoms with Gasteiger partial charge >= 0.3 is 5.97 Å². The Hall–Kier alpha value is -2.82. The minimum absolute atomic E-state index is 0.0470. The number of carbonyl (C=O) groups is 2. The third kappa shape index (κ3) is 3.82. The number of likely N-dealkylation sites (tertiary alicyclic amines) is 1. The normalized spacial score (nSPS) is 13.7. The minimum atomic E-state index is -0.571. The maximum atomic E-state index is 12.3. The summed E-state index contributed by atoms with van der Waals surface area (Å²) in [6.07, 6.45) is 2.12. The van der Waals surface area contributed by atoms with Crippen LogP contribution in [0.2, 0.25) is 0 Å². The number of esters is 1. The van der Waals surface area contributed by atoms with Gasteiger partial charge < -0.3 is 14.7 Å². The molecule has 5 nitrogen and oxygen atoms in total. The van der Waals surface area contributed by atoms with Crippen LogP contribution in [-0.2, 0) is 11.3 Å². The topological polar surface area (TPSA) is 66.8 Å². The Morgan fingerprint density at radius 3 is 2.44 bits per heavy atom. The minimum Gasteiger partial charge on any atom is -0.507 e. The Morgan fingerprint density at radius 2 is 1.76 bits per heavy atom.